The lowest BCUT2D eigenvalue weighted by molar-refractivity contribution is -0.337. The lowest BCUT2D eigenvalue weighted by atomic mass is 9.75. The quantitative estimate of drug-likeness (QED) is 0.224. The van der Waals surface area contributed by atoms with Crippen LogP contribution < -0.4 is 14.2 Å². The summed E-state index contributed by atoms with van der Waals surface area (Å²) < 4.78 is 35.2. The molecule has 5 rings (SSSR count). The van der Waals surface area contributed by atoms with Crippen molar-refractivity contribution in [1.82, 2.24) is 0 Å². The van der Waals surface area contributed by atoms with Gasteiger partial charge in [0, 0.05) is 23.3 Å². The number of Topliss-reactive ketones (excluding diaryl/α,β-unsaturated/α-hetero) is 1. The Morgan fingerprint density at radius 2 is 1.61 bits per heavy atom. The molecule has 14 nitrogen and oxygen atoms in total. The van der Waals surface area contributed by atoms with Crippen molar-refractivity contribution in [2.45, 2.75) is 68.0 Å². The first-order chi connectivity index (χ1) is 19.3. The Bertz CT molecular complexity index is 1320. The molecule has 6 unspecified atom stereocenters. The molecule has 2 fully saturated rings. The number of aromatic hydroxyl groups is 3. The molecule has 41 heavy (non-hydrogen) atoms. The Morgan fingerprint density at radius 3 is 2.17 bits per heavy atom. The SMILES string of the molecule is COc1cc([C@@]23Oc4cc(O)cc(O)c4[C@@H]([C@H]2OC2OC(CO)C(O)C(O)C2O)C(C)(C(C)=O)O3)cc(OC)c1O. The molecule has 0 amide bonds. The minimum absolute atomic E-state index is 0.0425. The first-order valence-electron chi connectivity index (χ1n) is 12.7. The molecule has 3 heterocycles. The molecule has 2 bridgehead atoms. The third kappa shape index (κ3) is 4.25. The largest absolute Gasteiger partial charge is 0.508 e. The van der Waals surface area contributed by atoms with E-state index in [9.17, 15) is 40.5 Å². The van der Waals surface area contributed by atoms with Crippen LogP contribution in [0.1, 0.15) is 30.9 Å². The van der Waals surface area contributed by atoms with Gasteiger partial charge in [-0.15, -0.1) is 0 Å². The van der Waals surface area contributed by atoms with Crippen molar-refractivity contribution in [3.63, 3.8) is 0 Å². The zero-order valence-electron chi connectivity index (χ0n) is 22.5. The van der Waals surface area contributed by atoms with Gasteiger partial charge in [0.05, 0.1) is 26.7 Å². The number of ketones is 1. The highest BCUT2D eigenvalue weighted by Crippen LogP contribution is 2.63. The zero-order chi connectivity index (χ0) is 30.0. The van der Waals surface area contributed by atoms with Crippen LogP contribution in [0.5, 0.6) is 34.5 Å². The molecule has 14 heteroatoms. The summed E-state index contributed by atoms with van der Waals surface area (Å²) in [5, 5.41) is 72.9. The van der Waals surface area contributed by atoms with Crippen LogP contribution in [0.4, 0.5) is 0 Å². The first-order valence-corrected chi connectivity index (χ1v) is 12.7. The van der Waals surface area contributed by atoms with E-state index in [1.165, 1.54) is 46.3 Å². The molecule has 0 aromatic heterocycles. The number of carbonyl (C=O) groups is 1. The van der Waals surface area contributed by atoms with E-state index in [1.807, 2.05) is 0 Å². The molecule has 2 saturated heterocycles. The zero-order valence-corrected chi connectivity index (χ0v) is 22.5. The summed E-state index contributed by atoms with van der Waals surface area (Å²) in [7, 11) is 2.59. The van der Waals surface area contributed by atoms with Crippen molar-refractivity contribution < 1.29 is 69.0 Å². The topological polar surface area (TPSA) is 214 Å². The second kappa shape index (κ2) is 10.2. The van der Waals surface area contributed by atoms with Gasteiger partial charge in [0.1, 0.15) is 53.4 Å². The molecular formula is C27H32O14. The van der Waals surface area contributed by atoms with Crippen molar-refractivity contribution in [1.29, 1.82) is 0 Å². The Morgan fingerprint density at radius 1 is 0.976 bits per heavy atom. The molecule has 2 aromatic carbocycles. The summed E-state index contributed by atoms with van der Waals surface area (Å²) in [5.41, 5.74) is -1.63. The summed E-state index contributed by atoms with van der Waals surface area (Å²) in [6.45, 7) is 1.98. The highest BCUT2D eigenvalue weighted by molar-refractivity contribution is 5.87. The van der Waals surface area contributed by atoms with Gasteiger partial charge in [-0.1, -0.05) is 0 Å². The molecule has 7 N–H and O–H groups in total. The molecule has 0 radical (unpaired) electrons. The standard InChI is InChI=1S/C27H32O14/c1-10(29)26(2)19-18-13(31)7-12(30)8-14(18)40-27(41-26,11-5-15(36-3)20(32)16(6-11)37-4)24(19)39-25-23(35)22(34)21(33)17(9-28)38-25/h5-8,17,19,21-25,28,30-35H,9H2,1-4H3/t17?,19-,21?,22?,23?,24+,25?,26?,27-/m0/s1. The molecule has 0 aliphatic carbocycles. The predicted molar refractivity (Wildman–Crippen MR) is 135 cm³/mol. The fraction of sp³-hybridized carbons (Fsp3) is 0.519. The average molecular weight is 581 g/mol. The van der Waals surface area contributed by atoms with Gasteiger partial charge < -0.3 is 64.2 Å². The fourth-order valence-electron chi connectivity index (χ4n) is 5.77. The van der Waals surface area contributed by atoms with Gasteiger partial charge in [0.15, 0.2) is 23.6 Å². The molecule has 3 aliphatic heterocycles. The van der Waals surface area contributed by atoms with Crippen LogP contribution in [0.3, 0.4) is 0 Å². The van der Waals surface area contributed by atoms with E-state index in [2.05, 4.69) is 0 Å². The number of aliphatic hydroxyl groups is 4. The molecule has 9 atom stereocenters. The monoisotopic (exact) mass is 580 g/mol. The van der Waals surface area contributed by atoms with Crippen LogP contribution in [-0.4, -0.2) is 105 Å². The van der Waals surface area contributed by atoms with Crippen LogP contribution in [-0.2, 0) is 24.8 Å². The lowest BCUT2D eigenvalue weighted by Gasteiger charge is -2.45. The van der Waals surface area contributed by atoms with Gasteiger partial charge in [0.2, 0.25) is 5.75 Å². The molecule has 0 spiro atoms. The summed E-state index contributed by atoms with van der Waals surface area (Å²) in [6, 6.07) is 4.95. The maximum Gasteiger partial charge on any atom is 0.265 e. The molecule has 3 aliphatic rings. The minimum Gasteiger partial charge on any atom is -0.508 e. The number of hydrogen-bond acceptors (Lipinski definition) is 14. The van der Waals surface area contributed by atoms with Gasteiger partial charge in [0.25, 0.3) is 5.79 Å². The van der Waals surface area contributed by atoms with Gasteiger partial charge in [-0.25, -0.2) is 0 Å². The molecular weight excluding hydrogens is 548 g/mol. The van der Waals surface area contributed by atoms with Crippen LogP contribution in [0.15, 0.2) is 24.3 Å². The fourth-order valence-corrected chi connectivity index (χ4v) is 5.77. The second-order valence-electron chi connectivity index (χ2n) is 10.4. The molecule has 224 valence electrons. The van der Waals surface area contributed by atoms with Crippen molar-refractivity contribution in [2.75, 3.05) is 20.8 Å². The van der Waals surface area contributed by atoms with Crippen LogP contribution in [0, 0.1) is 0 Å². The van der Waals surface area contributed by atoms with Gasteiger partial charge in [-0.3, -0.25) is 4.79 Å². The van der Waals surface area contributed by atoms with E-state index in [0.717, 1.165) is 6.07 Å². The second-order valence-corrected chi connectivity index (χ2v) is 10.4. The Labute approximate surface area is 233 Å². The number of ether oxygens (including phenoxy) is 6. The number of hydrogen-bond donors (Lipinski definition) is 7. The number of benzene rings is 2. The number of aliphatic hydroxyl groups excluding tert-OH is 4. The van der Waals surface area contributed by atoms with E-state index in [4.69, 9.17) is 28.4 Å². The van der Waals surface area contributed by atoms with E-state index in [-0.39, 0.29) is 39.9 Å². The smallest absolute Gasteiger partial charge is 0.265 e. The van der Waals surface area contributed by atoms with E-state index in [0.29, 0.717) is 0 Å². The number of carbonyl (C=O) groups excluding carboxylic acids is 1. The summed E-state index contributed by atoms with van der Waals surface area (Å²) in [4.78, 5) is 13.2. The third-order valence-corrected chi connectivity index (χ3v) is 8.02. The number of phenolic OH excluding ortho intramolecular Hbond substituents is 3. The molecule has 2 aromatic rings. The third-order valence-electron chi connectivity index (χ3n) is 8.02. The maximum absolute atomic E-state index is 13.2. The minimum atomic E-state index is -2.11. The summed E-state index contributed by atoms with van der Waals surface area (Å²) in [6.07, 6.45) is -9.73. The van der Waals surface area contributed by atoms with Crippen LogP contribution in [0.2, 0.25) is 0 Å². The normalized spacial score (nSPS) is 35.9. The highest BCUT2D eigenvalue weighted by atomic mass is 16.8. The number of phenols is 3. The summed E-state index contributed by atoms with van der Waals surface area (Å²) in [5.74, 6) is -5.12. The van der Waals surface area contributed by atoms with E-state index >= 15 is 0 Å². The van der Waals surface area contributed by atoms with Gasteiger partial charge in [-0.05, 0) is 26.0 Å². The van der Waals surface area contributed by atoms with Crippen molar-refractivity contribution in [2.24, 2.45) is 0 Å². The molecule has 0 saturated carbocycles. The maximum atomic E-state index is 13.2. The average Bonchev–Trinajstić information content (AvgIpc) is 3.09. The van der Waals surface area contributed by atoms with Crippen molar-refractivity contribution in [3.8, 4) is 34.5 Å². The highest BCUT2D eigenvalue weighted by Gasteiger charge is 2.71. The summed E-state index contributed by atoms with van der Waals surface area (Å²) >= 11 is 0. The predicted octanol–water partition coefficient (Wildman–Crippen LogP) is -0.287. The first kappa shape index (κ1) is 29.1. The van der Waals surface area contributed by atoms with Gasteiger partial charge in [-0.2, -0.15) is 0 Å². The van der Waals surface area contributed by atoms with Crippen LogP contribution in [0.25, 0.3) is 0 Å². The Balaban J connectivity index is 1.76. The number of rotatable bonds is 7. The van der Waals surface area contributed by atoms with Crippen LogP contribution >= 0.6 is 0 Å². The lowest BCUT2D eigenvalue weighted by Crippen LogP contribution is -2.61. The number of methoxy groups -OCH3 is 2. The van der Waals surface area contributed by atoms with Crippen molar-refractivity contribution >= 4 is 5.78 Å². The van der Waals surface area contributed by atoms with Crippen molar-refractivity contribution in [3.05, 3.63) is 35.4 Å². The van der Waals surface area contributed by atoms with E-state index in [1.54, 1.807) is 0 Å². The van der Waals surface area contributed by atoms with Gasteiger partial charge >= 0.3 is 0 Å². The Hall–Kier alpha value is -3.37. The number of fused-ring (bicyclic) bond motifs is 4. The van der Waals surface area contributed by atoms with E-state index < -0.39 is 72.3 Å². The Kier molecular flexibility index (Phi) is 7.22.